The van der Waals surface area contributed by atoms with Gasteiger partial charge in [0.1, 0.15) is 5.56 Å². The fourth-order valence-corrected chi connectivity index (χ4v) is 3.29. The van der Waals surface area contributed by atoms with Crippen LogP contribution in [0.25, 0.3) is 0 Å². The summed E-state index contributed by atoms with van der Waals surface area (Å²) in [6.45, 7) is 1.63. The molecule has 1 heterocycles. The van der Waals surface area contributed by atoms with Gasteiger partial charge in [0.15, 0.2) is 5.75 Å². The normalized spacial score (nSPS) is 15.1. The van der Waals surface area contributed by atoms with E-state index in [1.54, 1.807) is 24.1 Å². The van der Waals surface area contributed by atoms with Gasteiger partial charge in [-0.3, -0.25) is 9.59 Å². The third-order valence-electron chi connectivity index (χ3n) is 4.19. The first kappa shape index (κ1) is 19.8. The summed E-state index contributed by atoms with van der Waals surface area (Å²) in [6.07, 6.45) is 1.75. The minimum absolute atomic E-state index is 0.0290. The Morgan fingerprint density at radius 2 is 1.84 bits per heavy atom. The molecule has 0 bridgehead atoms. The van der Waals surface area contributed by atoms with Gasteiger partial charge >= 0.3 is 0 Å². The number of rotatable bonds is 6. The van der Waals surface area contributed by atoms with Crippen LogP contribution in [0.1, 0.15) is 29.6 Å². The van der Waals surface area contributed by atoms with Crippen molar-refractivity contribution in [3.8, 4) is 5.75 Å². The number of likely N-dealkylation sites (tertiary alicyclic amines) is 1. The number of nitrogens with one attached hydrogen (secondary N) is 1. The Kier molecular flexibility index (Phi) is 7.35. The van der Waals surface area contributed by atoms with Gasteiger partial charge in [-0.1, -0.05) is 23.2 Å². The Balaban J connectivity index is 1.95. The van der Waals surface area contributed by atoms with Gasteiger partial charge < -0.3 is 19.7 Å². The van der Waals surface area contributed by atoms with Gasteiger partial charge in [-0.05, 0) is 25.0 Å². The van der Waals surface area contributed by atoms with Crippen LogP contribution in [-0.2, 0) is 9.53 Å². The molecular weight excluding hydrogens is 367 g/mol. The number of piperidine rings is 1. The number of nitrogens with zero attached hydrogens (tertiary/aromatic N) is 1. The summed E-state index contributed by atoms with van der Waals surface area (Å²) >= 11 is 12.2. The molecule has 1 aromatic rings. The van der Waals surface area contributed by atoms with Crippen molar-refractivity contribution in [3.05, 3.63) is 27.7 Å². The maximum Gasteiger partial charge on any atom is 0.256 e. The van der Waals surface area contributed by atoms with Crippen LogP contribution < -0.4 is 10.1 Å². The molecule has 0 atom stereocenters. The topological polar surface area (TPSA) is 67.9 Å². The lowest BCUT2D eigenvalue weighted by atomic mass is 10.0. The molecule has 1 saturated heterocycles. The third-order valence-corrected chi connectivity index (χ3v) is 4.81. The van der Waals surface area contributed by atoms with Crippen LogP contribution in [0.4, 0.5) is 0 Å². The number of hydrogen-bond acceptors (Lipinski definition) is 4. The fourth-order valence-electron chi connectivity index (χ4n) is 2.82. The zero-order valence-electron chi connectivity index (χ0n) is 14.3. The molecule has 2 amide bonds. The number of carbonyl (C=O) groups is 2. The number of hydrogen-bond donors (Lipinski definition) is 1. The van der Waals surface area contributed by atoms with Gasteiger partial charge in [-0.2, -0.15) is 0 Å². The second kappa shape index (κ2) is 9.27. The summed E-state index contributed by atoms with van der Waals surface area (Å²) < 4.78 is 10.1. The van der Waals surface area contributed by atoms with Crippen molar-refractivity contribution in [3.63, 3.8) is 0 Å². The van der Waals surface area contributed by atoms with Gasteiger partial charge in [-0.15, -0.1) is 0 Å². The number of amides is 2. The highest BCUT2D eigenvalue weighted by atomic mass is 35.5. The Morgan fingerprint density at radius 3 is 2.44 bits per heavy atom. The standard InChI is InChI=1S/C17H22Cl2N2O4/c1-24-10-7-14(22)21-8-5-11(6-9-21)20-17(23)15-12(18)3-4-13(19)16(15)25-2/h3-4,11H,5-10H2,1-2H3,(H,20,23). The predicted octanol–water partition coefficient (Wildman–Crippen LogP) is 2.76. The molecule has 25 heavy (non-hydrogen) atoms. The van der Waals surface area contributed by atoms with E-state index in [4.69, 9.17) is 32.7 Å². The molecule has 1 fully saturated rings. The van der Waals surface area contributed by atoms with E-state index >= 15 is 0 Å². The highest BCUT2D eigenvalue weighted by Gasteiger charge is 2.26. The molecule has 0 radical (unpaired) electrons. The lowest BCUT2D eigenvalue weighted by Crippen LogP contribution is -2.46. The summed E-state index contributed by atoms with van der Waals surface area (Å²) in [6, 6.07) is 3.13. The maximum atomic E-state index is 12.6. The van der Waals surface area contributed by atoms with Crippen LogP contribution >= 0.6 is 23.2 Å². The number of benzene rings is 1. The molecule has 1 aliphatic heterocycles. The molecular formula is C17H22Cl2N2O4. The van der Waals surface area contributed by atoms with Gasteiger partial charge in [0.2, 0.25) is 5.91 Å². The summed E-state index contributed by atoms with van der Waals surface area (Å²) in [4.78, 5) is 26.4. The highest BCUT2D eigenvalue weighted by molar-refractivity contribution is 6.37. The summed E-state index contributed by atoms with van der Waals surface area (Å²) in [5.74, 6) is 0.0125. The van der Waals surface area contributed by atoms with Crippen LogP contribution in [0, 0.1) is 0 Å². The van der Waals surface area contributed by atoms with Crippen LogP contribution in [0.3, 0.4) is 0 Å². The van der Waals surface area contributed by atoms with E-state index < -0.39 is 0 Å². The van der Waals surface area contributed by atoms with Crippen molar-refractivity contribution in [2.75, 3.05) is 33.9 Å². The number of carbonyl (C=O) groups excluding carboxylic acids is 2. The molecule has 138 valence electrons. The van der Waals surface area contributed by atoms with E-state index in [0.717, 1.165) is 0 Å². The van der Waals surface area contributed by atoms with Crippen LogP contribution in [0.15, 0.2) is 12.1 Å². The highest BCUT2D eigenvalue weighted by Crippen LogP contribution is 2.33. The smallest absolute Gasteiger partial charge is 0.256 e. The SMILES string of the molecule is COCCC(=O)N1CCC(NC(=O)c2c(Cl)ccc(Cl)c2OC)CC1. The van der Waals surface area contributed by atoms with E-state index in [1.165, 1.54) is 7.11 Å². The zero-order chi connectivity index (χ0) is 18.4. The minimum atomic E-state index is -0.325. The van der Waals surface area contributed by atoms with E-state index in [-0.39, 0.29) is 34.2 Å². The molecule has 8 heteroatoms. The van der Waals surface area contributed by atoms with Gasteiger partial charge in [0.25, 0.3) is 5.91 Å². The molecule has 6 nitrogen and oxygen atoms in total. The van der Waals surface area contributed by atoms with Crippen molar-refractivity contribution in [2.24, 2.45) is 0 Å². The molecule has 0 unspecified atom stereocenters. The van der Waals surface area contributed by atoms with E-state index in [0.29, 0.717) is 44.0 Å². The molecule has 2 rings (SSSR count). The molecule has 0 saturated carbocycles. The van der Waals surface area contributed by atoms with Gasteiger partial charge in [0.05, 0.1) is 30.2 Å². The summed E-state index contributed by atoms with van der Waals surface area (Å²) in [7, 11) is 3.02. The fraction of sp³-hybridized carbons (Fsp3) is 0.529. The Hall–Kier alpha value is -1.50. The molecule has 1 aliphatic rings. The van der Waals surface area contributed by atoms with Crippen molar-refractivity contribution in [1.82, 2.24) is 10.2 Å². The molecule has 1 N–H and O–H groups in total. The van der Waals surface area contributed by atoms with Crippen LogP contribution in [0.2, 0.25) is 10.0 Å². The average molecular weight is 389 g/mol. The Morgan fingerprint density at radius 1 is 1.20 bits per heavy atom. The number of halogens is 2. The first-order chi connectivity index (χ1) is 12.0. The second-order valence-electron chi connectivity index (χ2n) is 5.81. The molecule has 1 aromatic carbocycles. The quantitative estimate of drug-likeness (QED) is 0.813. The Labute approximate surface area is 157 Å². The first-order valence-electron chi connectivity index (χ1n) is 8.07. The zero-order valence-corrected chi connectivity index (χ0v) is 15.8. The van der Waals surface area contributed by atoms with Crippen LogP contribution in [-0.4, -0.2) is 56.7 Å². The van der Waals surface area contributed by atoms with E-state index in [9.17, 15) is 9.59 Å². The second-order valence-corrected chi connectivity index (χ2v) is 6.62. The lowest BCUT2D eigenvalue weighted by Gasteiger charge is -2.32. The third kappa shape index (κ3) is 5.00. The number of methoxy groups -OCH3 is 2. The molecule has 0 spiro atoms. The summed E-state index contributed by atoms with van der Waals surface area (Å²) in [5.41, 5.74) is 0.232. The number of ether oxygens (including phenoxy) is 2. The molecule has 0 aromatic heterocycles. The van der Waals surface area contributed by atoms with Crippen molar-refractivity contribution < 1.29 is 19.1 Å². The van der Waals surface area contributed by atoms with Crippen molar-refractivity contribution >= 4 is 35.0 Å². The van der Waals surface area contributed by atoms with Crippen LogP contribution in [0.5, 0.6) is 5.75 Å². The average Bonchev–Trinajstić information content (AvgIpc) is 2.61. The predicted molar refractivity (Wildman–Crippen MR) is 96.6 cm³/mol. The molecule has 0 aliphatic carbocycles. The summed E-state index contributed by atoms with van der Waals surface area (Å²) in [5, 5.41) is 3.57. The first-order valence-corrected chi connectivity index (χ1v) is 8.83. The van der Waals surface area contributed by atoms with Gasteiger partial charge in [0, 0.05) is 26.2 Å². The van der Waals surface area contributed by atoms with Gasteiger partial charge in [-0.25, -0.2) is 0 Å². The lowest BCUT2D eigenvalue weighted by molar-refractivity contribution is -0.133. The van der Waals surface area contributed by atoms with Crippen molar-refractivity contribution in [2.45, 2.75) is 25.3 Å². The van der Waals surface area contributed by atoms with E-state index in [1.807, 2.05) is 0 Å². The minimum Gasteiger partial charge on any atom is -0.494 e. The monoisotopic (exact) mass is 388 g/mol. The largest absolute Gasteiger partial charge is 0.494 e. The van der Waals surface area contributed by atoms with E-state index in [2.05, 4.69) is 5.32 Å². The Bertz CT molecular complexity index is 631. The maximum absolute atomic E-state index is 12.6. The van der Waals surface area contributed by atoms with Crippen molar-refractivity contribution in [1.29, 1.82) is 0 Å².